The number of carbonyl (C=O) groups is 1. The molecule has 0 atom stereocenters. The van der Waals surface area contributed by atoms with Gasteiger partial charge in [-0.1, -0.05) is 12.1 Å². The van der Waals surface area contributed by atoms with Gasteiger partial charge in [-0.3, -0.25) is 19.1 Å². The van der Waals surface area contributed by atoms with Crippen molar-refractivity contribution in [1.82, 2.24) is 14.8 Å². The molecule has 2 N–H and O–H groups in total. The van der Waals surface area contributed by atoms with E-state index in [1.165, 1.54) is 15.8 Å². The molecule has 0 unspecified atom stereocenters. The van der Waals surface area contributed by atoms with Crippen LogP contribution >= 0.6 is 11.3 Å². The van der Waals surface area contributed by atoms with Gasteiger partial charge in [0.2, 0.25) is 0 Å². The third-order valence-corrected chi connectivity index (χ3v) is 8.06. The first kappa shape index (κ1) is 29.4. The molecule has 4 rings (SSSR count). The molecule has 11 heteroatoms. The molecule has 0 bridgehead atoms. The third-order valence-electron chi connectivity index (χ3n) is 6.93. The van der Waals surface area contributed by atoms with Gasteiger partial charge in [0.1, 0.15) is 27.6 Å². The van der Waals surface area contributed by atoms with Crippen molar-refractivity contribution in [3.8, 4) is 17.9 Å². The minimum atomic E-state index is -0.674. The van der Waals surface area contributed by atoms with Crippen molar-refractivity contribution in [1.29, 1.82) is 10.5 Å². The first-order valence-corrected chi connectivity index (χ1v) is 14.2. The average molecular weight is 572 g/mol. The largest absolute Gasteiger partial charge is 0.497 e. The van der Waals surface area contributed by atoms with E-state index in [0.717, 1.165) is 61.9 Å². The van der Waals surface area contributed by atoms with E-state index in [4.69, 9.17) is 10.00 Å². The number of benzene rings is 2. The Hall–Kier alpha value is -4.58. The van der Waals surface area contributed by atoms with Crippen molar-refractivity contribution >= 4 is 40.4 Å². The molecule has 1 fully saturated rings. The summed E-state index contributed by atoms with van der Waals surface area (Å²) < 4.78 is 7.30. The second kappa shape index (κ2) is 14.2. The van der Waals surface area contributed by atoms with Crippen LogP contribution in [-0.2, 0) is 17.8 Å². The van der Waals surface area contributed by atoms with E-state index >= 15 is 0 Å². The van der Waals surface area contributed by atoms with Crippen molar-refractivity contribution in [3.63, 3.8) is 0 Å². The number of carbonyl (C=O) groups excluding carboxylic acids is 1. The van der Waals surface area contributed by atoms with Crippen LogP contribution in [0.1, 0.15) is 12.5 Å². The van der Waals surface area contributed by atoms with Gasteiger partial charge >= 0.3 is 0 Å². The summed E-state index contributed by atoms with van der Waals surface area (Å²) in [5, 5.41) is 23.9. The van der Waals surface area contributed by atoms with Crippen molar-refractivity contribution in [2.24, 2.45) is 0 Å². The highest BCUT2D eigenvalue weighted by Gasteiger charge is 2.17. The Bertz CT molecular complexity index is 1620. The van der Waals surface area contributed by atoms with Crippen LogP contribution in [0.2, 0.25) is 0 Å². The molecule has 0 spiro atoms. The molecular formula is C30H33N7O3S. The van der Waals surface area contributed by atoms with Crippen LogP contribution in [0.25, 0.3) is 11.8 Å². The topological polar surface area (TPSA) is 126 Å². The number of ether oxygens (including phenoxy) is 1. The summed E-state index contributed by atoms with van der Waals surface area (Å²) in [6.45, 7) is 6.77. The van der Waals surface area contributed by atoms with Crippen LogP contribution in [0.15, 0.2) is 53.3 Å². The fourth-order valence-corrected chi connectivity index (χ4v) is 5.76. The molecule has 1 amide bonds. The maximum atomic E-state index is 13.0. The normalized spacial score (nSPS) is 14.6. The number of nitrogens with one attached hydrogen (secondary N) is 2. The van der Waals surface area contributed by atoms with Crippen LogP contribution < -0.4 is 35.0 Å². The second-order valence-corrected chi connectivity index (χ2v) is 10.4. The van der Waals surface area contributed by atoms with Crippen LogP contribution in [0.4, 0.5) is 11.4 Å². The zero-order chi connectivity index (χ0) is 29.2. The summed E-state index contributed by atoms with van der Waals surface area (Å²) in [4.78, 5) is 30.2. The second-order valence-electron chi connectivity index (χ2n) is 9.41. The molecule has 0 aliphatic carbocycles. The number of hydrogen-bond acceptors (Lipinski definition) is 9. The molecule has 1 aromatic heterocycles. The van der Waals surface area contributed by atoms with Gasteiger partial charge < -0.3 is 20.3 Å². The van der Waals surface area contributed by atoms with Crippen molar-refractivity contribution in [2.45, 2.75) is 19.9 Å². The lowest BCUT2D eigenvalue weighted by Crippen LogP contribution is -2.46. The molecule has 1 saturated heterocycles. The van der Waals surface area contributed by atoms with Gasteiger partial charge in [0.25, 0.3) is 11.5 Å². The smallest absolute Gasteiger partial charge is 0.270 e. The lowest BCUT2D eigenvalue weighted by atomic mass is 10.1. The Labute approximate surface area is 243 Å². The van der Waals surface area contributed by atoms with E-state index < -0.39 is 5.91 Å². The molecule has 2 aromatic carbocycles. The zero-order valence-corrected chi connectivity index (χ0v) is 24.0. The highest BCUT2D eigenvalue weighted by Crippen LogP contribution is 2.20. The Morgan fingerprint density at radius 3 is 2.54 bits per heavy atom. The Balaban J connectivity index is 1.39. The van der Waals surface area contributed by atoms with Crippen LogP contribution in [0, 0.1) is 22.7 Å². The SMILES string of the molecule is CCn1c(=O)/c(=C\Nc2cccc(CCN3CCN(c4ccc(OC)cc4)CC3)c2)s/c1=C(/C#N)C(=O)NCC#N. The molecule has 2 heterocycles. The predicted molar refractivity (Wildman–Crippen MR) is 161 cm³/mol. The van der Waals surface area contributed by atoms with Gasteiger partial charge in [-0.05, 0) is 55.3 Å². The number of nitriles is 2. The number of methoxy groups -OCH3 is 1. The molecular weight excluding hydrogens is 538 g/mol. The standard InChI is InChI=1S/C30H33N7O3S/c1-3-37-29(39)27(41-30(37)26(20-32)28(38)33-13-12-31)21-34-23-6-4-5-22(19-23)11-14-35-15-17-36(18-16-35)24-7-9-25(40-2)10-8-24/h4-10,19,21,34H,3,11,13-18H2,1-2H3,(H,33,38)/b27-21+,30-26-. The van der Waals surface area contributed by atoms with E-state index in [0.29, 0.717) is 11.1 Å². The molecule has 1 aliphatic rings. The average Bonchev–Trinajstić information content (AvgIpc) is 3.33. The Kier molecular flexibility index (Phi) is 10.2. The van der Waals surface area contributed by atoms with Gasteiger partial charge in [-0.25, -0.2) is 0 Å². The lowest BCUT2D eigenvalue weighted by Gasteiger charge is -2.36. The summed E-state index contributed by atoms with van der Waals surface area (Å²) in [5.41, 5.74) is 2.78. The number of amides is 1. The van der Waals surface area contributed by atoms with Gasteiger partial charge in [0.05, 0.1) is 13.2 Å². The predicted octanol–water partition coefficient (Wildman–Crippen LogP) is 1.47. The summed E-state index contributed by atoms with van der Waals surface area (Å²) in [5.74, 6) is 0.190. The van der Waals surface area contributed by atoms with Crippen LogP contribution in [-0.4, -0.2) is 61.8 Å². The van der Waals surface area contributed by atoms with Crippen molar-refractivity contribution in [3.05, 3.63) is 73.6 Å². The maximum Gasteiger partial charge on any atom is 0.270 e. The number of nitrogens with zero attached hydrogens (tertiary/aromatic N) is 5. The number of aromatic nitrogens is 1. The number of rotatable bonds is 10. The minimum Gasteiger partial charge on any atom is -0.497 e. The summed E-state index contributed by atoms with van der Waals surface area (Å²) in [6, 6.07) is 20.0. The highest BCUT2D eigenvalue weighted by atomic mass is 32.1. The molecule has 0 radical (unpaired) electrons. The number of piperazine rings is 1. The molecule has 10 nitrogen and oxygen atoms in total. The third kappa shape index (κ3) is 7.34. The first-order chi connectivity index (χ1) is 20.0. The number of anilines is 2. The quantitative estimate of drug-likeness (QED) is 0.351. The van der Waals surface area contributed by atoms with Gasteiger partial charge in [0.15, 0.2) is 5.57 Å². The summed E-state index contributed by atoms with van der Waals surface area (Å²) in [7, 11) is 1.68. The minimum absolute atomic E-state index is 0.185. The Morgan fingerprint density at radius 1 is 1.12 bits per heavy atom. The molecule has 41 heavy (non-hydrogen) atoms. The summed E-state index contributed by atoms with van der Waals surface area (Å²) in [6.07, 6.45) is 2.52. The molecule has 212 valence electrons. The van der Waals surface area contributed by atoms with E-state index in [-0.39, 0.29) is 22.3 Å². The molecule has 1 aliphatic heterocycles. The first-order valence-electron chi connectivity index (χ1n) is 13.4. The number of thiazole rings is 1. The van der Waals surface area contributed by atoms with E-state index in [1.54, 1.807) is 20.2 Å². The Morgan fingerprint density at radius 2 is 1.88 bits per heavy atom. The molecule has 3 aromatic rings. The van der Waals surface area contributed by atoms with Gasteiger partial charge in [0, 0.05) is 56.8 Å². The van der Waals surface area contributed by atoms with Crippen molar-refractivity contribution in [2.75, 3.05) is 56.6 Å². The van der Waals surface area contributed by atoms with Crippen LogP contribution in [0.5, 0.6) is 5.75 Å². The highest BCUT2D eigenvalue weighted by molar-refractivity contribution is 7.07. The molecule has 0 saturated carbocycles. The van der Waals surface area contributed by atoms with Gasteiger partial charge in [-0.2, -0.15) is 10.5 Å². The zero-order valence-electron chi connectivity index (χ0n) is 23.2. The number of hydrogen-bond donors (Lipinski definition) is 2. The van der Waals surface area contributed by atoms with E-state index in [9.17, 15) is 14.9 Å². The summed E-state index contributed by atoms with van der Waals surface area (Å²) >= 11 is 1.07. The fourth-order valence-electron chi connectivity index (χ4n) is 4.67. The fraction of sp³-hybridized carbons (Fsp3) is 0.333. The monoisotopic (exact) mass is 571 g/mol. The van der Waals surface area contributed by atoms with Crippen LogP contribution in [0.3, 0.4) is 0 Å². The van der Waals surface area contributed by atoms with E-state index in [2.05, 4.69) is 44.7 Å². The van der Waals surface area contributed by atoms with E-state index in [1.807, 2.05) is 36.4 Å². The maximum absolute atomic E-state index is 13.0. The lowest BCUT2D eigenvalue weighted by molar-refractivity contribution is -0.115. The van der Waals surface area contributed by atoms with Gasteiger partial charge in [-0.15, -0.1) is 11.3 Å². The van der Waals surface area contributed by atoms with Crippen molar-refractivity contribution < 1.29 is 9.53 Å².